The molecule has 12 heteroatoms. The summed E-state index contributed by atoms with van der Waals surface area (Å²) < 4.78 is 10.0. The van der Waals surface area contributed by atoms with E-state index in [1.807, 2.05) is 0 Å². The maximum absolute atomic E-state index is 12.9. The number of benzene rings is 1. The minimum Gasteiger partial charge on any atom is -0.392 e. The van der Waals surface area contributed by atoms with Gasteiger partial charge in [-0.1, -0.05) is 12.1 Å². The minimum atomic E-state index is -0.829. The number of anilines is 1. The van der Waals surface area contributed by atoms with Gasteiger partial charge in [-0.3, -0.25) is 28.9 Å². The van der Waals surface area contributed by atoms with Crippen LogP contribution in [0.2, 0.25) is 0 Å². The fourth-order valence-corrected chi connectivity index (χ4v) is 3.57. The summed E-state index contributed by atoms with van der Waals surface area (Å²) in [6.45, 7) is 1.05. The molecule has 1 aliphatic rings. The predicted molar refractivity (Wildman–Crippen MR) is 138 cm³/mol. The second kappa shape index (κ2) is 17.0. The summed E-state index contributed by atoms with van der Waals surface area (Å²) in [6.07, 6.45) is 4.14. The van der Waals surface area contributed by atoms with Gasteiger partial charge in [0.2, 0.25) is 17.7 Å². The first-order chi connectivity index (χ1) is 18.3. The van der Waals surface area contributed by atoms with E-state index in [0.717, 1.165) is 4.90 Å². The topological polar surface area (TPSA) is 163 Å². The first kappa shape index (κ1) is 30.6. The molecule has 208 valence electrons. The maximum Gasteiger partial charge on any atom is 0.253 e. The zero-order valence-electron chi connectivity index (χ0n) is 21.6. The second-order valence-electron chi connectivity index (χ2n) is 8.62. The van der Waals surface area contributed by atoms with Crippen LogP contribution in [0, 0.1) is 0 Å². The molecule has 5 amide bonds. The Hall–Kier alpha value is -3.61. The SMILES string of the molecule is COCCOCC(=O)NCCCC[C@H](NC(=O)CCCN1C(=O)C=CC1=O)C(=O)Nc1ccc(CO)cc1. The van der Waals surface area contributed by atoms with Gasteiger partial charge in [-0.25, -0.2) is 0 Å². The van der Waals surface area contributed by atoms with Crippen molar-refractivity contribution in [2.75, 3.05) is 45.3 Å². The molecule has 0 saturated carbocycles. The molecule has 38 heavy (non-hydrogen) atoms. The molecule has 2 rings (SSSR count). The van der Waals surface area contributed by atoms with E-state index in [9.17, 15) is 29.1 Å². The number of nitrogens with zero attached hydrogens (tertiary/aromatic N) is 1. The van der Waals surface area contributed by atoms with Crippen LogP contribution < -0.4 is 16.0 Å². The van der Waals surface area contributed by atoms with Gasteiger partial charge in [0, 0.05) is 44.5 Å². The molecule has 1 aromatic rings. The Bertz CT molecular complexity index is 962. The van der Waals surface area contributed by atoms with Crippen LogP contribution >= 0.6 is 0 Å². The minimum absolute atomic E-state index is 0.0329. The summed E-state index contributed by atoms with van der Waals surface area (Å²) in [7, 11) is 1.54. The molecule has 1 aromatic carbocycles. The van der Waals surface area contributed by atoms with Crippen molar-refractivity contribution in [1.82, 2.24) is 15.5 Å². The Balaban J connectivity index is 1.82. The van der Waals surface area contributed by atoms with E-state index < -0.39 is 23.8 Å². The molecule has 0 aliphatic carbocycles. The lowest BCUT2D eigenvalue weighted by Crippen LogP contribution is -2.44. The molecule has 0 fully saturated rings. The quantitative estimate of drug-likeness (QED) is 0.154. The van der Waals surface area contributed by atoms with Crippen LogP contribution in [0.5, 0.6) is 0 Å². The number of carbonyl (C=O) groups excluding carboxylic acids is 5. The average Bonchev–Trinajstić information content (AvgIpc) is 3.23. The average molecular weight is 533 g/mol. The smallest absolute Gasteiger partial charge is 0.253 e. The van der Waals surface area contributed by atoms with E-state index in [1.165, 1.54) is 12.2 Å². The van der Waals surface area contributed by atoms with Crippen molar-refractivity contribution in [3.63, 3.8) is 0 Å². The molecule has 0 saturated heterocycles. The molecule has 4 N–H and O–H groups in total. The summed E-state index contributed by atoms with van der Waals surface area (Å²) in [5.41, 5.74) is 1.22. The number of carbonyl (C=O) groups is 5. The molecule has 1 atom stereocenters. The fourth-order valence-electron chi connectivity index (χ4n) is 3.57. The van der Waals surface area contributed by atoms with E-state index >= 15 is 0 Å². The van der Waals surface area contributed by atoms with Crippen LogP contribution in [0.1, 0.15) is 37.7 Å². The predicted octanol–water partition coefficient (Wildman–Crippen LogP) is 0.257. The number of aliphatic hydroxyl groups excluding tert-OH is 1. The molecule has 1 aliphatic heterocycles. The Kier molecular flexibility index (Phi) is 13.7. The van der Waals surface area contributed by atoms with Gasteiger partial charge >= 0.3 is 0 Å². The van der Waals surface area contributed by atoms with Crippen molar-refractivity contribution in [2.45, 2.75) is 44.8 Å². The molecule has 0 spiro atoms. The number of imide groups is 1. The number of aliphatic hydroxyl groups is 1. The van der Waals surface area contributed by atoms with Crippen LogP contribution in [0.3, 0.4) is 0 Å². The number of unbranched alkanes of at least 4 members (excludes halogenated alkanes) is 1. The number of hydrogen-bond donors (Lipinski definition) is 4. The highest BCUT2D eigenvalue weighted by Crippen LogP contribution is 2.12. The lowest BCUT2D eigenvalue weighted by Gasteiger charge is -2.19. The molecule has 0 unspecified atom stereocenters. The molecular formula is C26H36N4O8. The molecule has 0 radical (unpaired) electrons. The highest BCUT2D eigenvalue weighted by molar-refractivity contribution is 6.12. The normalized spacial score (nSPS) is 13.5. The van der Waals surface area contributed by atoms with E-state index in [4.69, 9.17) is 9.47 Å². The lowest BCUT2D eigenvalue weighted by atomic mass is 10.1. The molecule has 0 bridgehead atoms. The summed E-state index contributed by atoms with van der Waals surface area (Å²) in [6, 6.07) is 5.85. The second-order valence-corrected chi connectivity index (χ2v) is 8.62. The molecule has 1 heterocycles. The zero-order chi connectivity index (χ0) is 27.8. The number of ether oxygens (including phenoxy) is 2. The van der Waals surface area contributed by atoms with Crippen LogP contribution in [0.25, 0.3) is 0 Å². The Morgan fingerprint density at radius 2 is 1.68 bits per heavy atom. The third-order valence-electron chi connectivity index (χ3n) is 5.65. The number of methoxy groups -OCH3 is 1. The van der Waals surface area contributed by atoms with Gasteiger partial charge in [-0.2, -0.15) is 0 Å². The van der Waals surface area contributed by atoms with Gasteiger partial charge in [0.25, 0.3) is 11.8 Å². The maximum atomic E-state index is 12.9. The highest BCUT2D eigenvalue weighted by Gasteiger charge is 2.24. The van der Waals surface area contributed by atoms with Crippen LogP contribution in [-0.2, 0) is 40.1 Å². The van der Waals surface area contributed by atoms with Gasteiger partial charge in [-0.15, -0.1) is 0 Å². The Morgan fingerprint density at radius 3 is 2.34 bits per heavy atom. The van der Waals surface area contributed by atoms with Crippen molar-refractivity contribution >= 4 is 35.2 Å². The first-order valence-electron chi connectivity index (χ1n) is 12.5. The summed E-state index contributed by atoms with van der Waals surface area (Å²) in [5.74, 6) is -1.85. The van der Waals surface area contributed by atoms with Gasteiger partial charge in [0.1, 0.15) is 12.6 Å². The Labute approximate surface area is 221 Å². The molecule has 0 aromatic heterocycles. The van der Waals surface area contributed by atoms with E-state index in [2.05, 4.69) is 16.0 Å². The molecule has 12 nitrogen and oxygen atoms in total. The van der Waals surface area contributed by atoms with Crippen LogP contribution in [0.4, 0.5) is 5.69 Å². The largest absolute Gasteiger partial charge is 0.392 e. The number of hydrogen-bond acceptors (Lipinski definition) is 8. The zero-order valence-corrected chi connectivity index (χ0v) is 21.6. The highest BCUT2D eigenvalue weighted by atomic mass is 16.5. The van der Waals surface area contributed by atoms with Crippen molar-refractivity contribution < 1.29 is 38.6 Å². The number of nitrogens with one attached hydrogen (secondary N) is 3. The lowest BCUT2D eigenvalue weighted by molar-refractivity contribution is -0.137. The van der Waals surface area contributed by atoms with E-state index in [0.29, 0.717) is 50.3 Å². The van der Waals surface area contributed by atoms with E-state index in [-0.39, 0.29) is 44.4 Å². The number of amides is 5. The Morgan fingerprint density at radius 1 is 0.974 bits per heavy atom. The first-order valence-corrected chi connectivity index (χ1v) is 12.5. The summed E-state index contributed by atoms with van der Waals surface area (Å²) in [5, 5.41) is 17.4. The third kappa shape index (κ3) is 11.2. The van der Waals surface area contributed by atoms with Gasteiger partial charge < -0.3 is 30.5 Å². The summed E-state index contributed by atoms with van der Waals surface area (Å²) >= 11 is 0. The molecular weight excluding hydrogens is 496 g/mol. The van der Waals surface area contributed by atoms with Gasteiger partial charge in [0.05, 0.1) is 19.8 Å². The third-order valence-corrected chi connectivity index (χ3v) is 5.65. The van der Waals surface area contributed by atoms with Gasteiger partial charge in [-0.05, 0) is 43.4 Å². The van der Waals surface area contributed by atoms with Crippen LogP contribution in [0.15, 0.2) is 36.4 Å². The van der Waals surface area contributed by atoms with Crippen molar-refractivity contribution in [3.05, 3.63) is 42.0 Å². The van der Waals surface area contributed by atoms with Gasteiger partial charge in [0.15, 0.2) is 0 Å². The summed E-state index contributed by atoms with van der Waals surface area (Å²) in [4.78, 5) is 61.6. The fraction of sp³-hybridized carbons (Fsp3) is 0.500. The number of rotatable bonds is 18. The van der Waals surface area contributed by atoms with Crippen LogP contribution in [-0.4, -0.2) is 85.6 Å². The standard InChI is InChI=1S/C26H36N4O8/c1-37-15-16-38-18-23(33)27-13-3-2-5-21(26(36)28-20-9-7-19(17-31)8-10-20)29-22(32)6-4-14-30-24(34)11-12-25(30)35/h7-12,21,31H,2-6,13-18H2,1H3,(H,27,33)(H,28,36)(H,29,32)/t21-/m0/s1. The van der Waals surface area contributed by atoms with E-state index in [1.54, 1.807) is 31.4 Å². The van der Waals surface area contributed by atoms with Crippen molar-refractivity contribution in [1.29, 1.82) is 0 Å². The van der Waals surface area contributed by atoms with Crippen molar-refractivity contribution in [2.24, 2.45) is 0 Å². The van der Waals surface area contributed by atoms with Crippen molar-refractivity contribution in [3.8, 4) is 0 Å². The monoisotopic (exact) mass is 532 g/mol.